The van der Waals surface area contributed by atoms with Crippen molar-refractivity contribution in [3.8, 4) is 0 Å². The van der Waals surface area contributed by atoms with E-state index in [2.05, 4.69) is 21.0 Å². The lowest BCUT2D eigenvalue weighted by Crippen LogP contribution is -2.61. The number of halogens is 3. The van der Waals surface area contributed by atoms with E-state index in [1.54, 1.807) is 64.1 Å². The van der Waals surface area contributed by atoms with E-state index in [9.17, 15) is 32.3 Å². The average Bonchev–Trinajstić information content (AvgIpc) is 2.92. The number of nitrogens with one attached hydrogen (secondary N) is 3. The van der Waals surface area contributed by atoms with E-state index in [1.165, 1.54) is 18.0 Å². The Labute approximate surface area is 248 Å². The molecule has 1 aromatic carbocycles. The number of primary amides is 1. The van der Waals surface area contributed by atoms with Crippen LogP contribution in [0.2, 0.25) is 0 Å². The van der Waals surface area contributed by atoms with E-state index in [4.69, 9.17) is 5.73 Å². The first kappa shape index (κ1) is 33.5. The van der Waals surface area contributed by atoms with Gasteiger partial charge < -0.3 is 16.4 Å². The minimum atomic E-state index is -4.37. The third-order valence-corrected chi connectivity index (χ3v) is 7.19. The molecule has 13 heteroatoms. The molecular weight excluding hydrogens is 565 g/mol. The molecule has 1 aliphatic heterocycles. The highest BCUT2D eigenvalue weighted by atomic mass is 19.4. The van der Waals surface area contributed by atoms with Crippen molar-refractivity contribution in [2.24, 2.45) is 17.1 Å². The van der Waals surface area contributed by atoms with Gasteiger partial charge in [-0.1, -0.05) is 44.2 Å². The van der Waals surface area contributed by atoms with Crippen molar-refractivity contribution < 1.29 is 32.3 Å². The number of nitrogens with two attached hydrogens (primary N) is 1. The van der Waals surface area contributed by atoms with Crippen LogP contribution in [0.15, 0.2) is 36.4 Å². The van der Waals surface area contributed by atoms with Crippen LogP contribution in [0.5, 0.6) is 0 Å². The molecule has 43 heavy (non-hydrogen) atoms. The Morgan fingerprint density at radius 1 is 1.12 bits per heavy atom. The van der Waals surface area contributed by atoms with Crippen LogP contribution in [0.1, 0.15) is 58.7 Å². The molecule has 1 aliphatic rings. The number of benzene rings is 1. The van der Waals surface area contributed by atoms with Crippen LogP contribution in [-0.4, -0.2) is 64.5 Å². The van der Waals surface area contributed by atoms with Crippen molar-refractivity contribution >= 4 is 40.6 Å². The number of hydrogen-bond acceptors (Lipinski definition) is 6. The second-order valence-electron chi connectivity index (χ2n) is 11.7. The Kier molecular flexibility index (Phi) is 10.5. The van der Waals surface area contributed by atoms with Crippen LogP contribution < -0.4 is 21.8 Å². The molecule has 0 radical (unpaired) electrons. The van der Waals surface area contributed by atoms with E-state index in [0.29, 0.717) is 35.9 Å². The fourth-order valence-electron chi connectivity index (χ4n) is 4.58. The summed E-state index contributed by atoms with van der Waals surface area (Å²) in [5.74, 6) is -2.30. The van der Waals surface area contributed by atoms with Gasteiger partial charge in [-0.05, 0) is 57.2 Å². The van der Waals surface area contributed by atoms with Gasteiger partial charge >= 0.3 is 6.18 Å². The number of hydrogen-bond donors (Lipinski definition) is 4. The molecule has 1 aromatic heterocycles. The van der Waals surface area contributed by atoms with Crippen molar-refractivity contribution in [1.29, 1.82) is 0 Å². The van der Waals surface area contributed by atoms with Crippen molar-refractivity contribution in [3.05, 3.63) is 47.7 Å². The first-order valence-electron chi connectivity index (χ1n) is 14.1. The topological polar surface area (TPSA) is 147 Å². The lowest BCUT2D eigenvalue weighted by molar-refractivity contribution is -0.143. The minimum absolute atomic E-state index is 0.0862. The van der Waals surface area contributed by atoms with Crippen molar-refractivity contribution in [2.75, 3.05) is 6.54 Å². The highest BCUT2D eigenvalue weighted by molar-refractivity contribution is 5.94. The van der Waals surface area contributed by atoms with Crippen LogP contribution >= 0.6 is 0 Å². The van der Waals surface area contributed by atoms with Gasteiger partial charge in [-0.2, -0.15) is 13.2 Å². The van der Waals surface area contributed by atoms with Crippen LogP contribution in [0.3, 0.4) is 0 Å². The molecule has 4 amide bonds. The standard InChI is InChI=1S/C30H39F3N6O4/c1-17(2)24(26(41)35-18(3)27(42)39-14-6-7-22(38-39)25(34)40)37-28(43)29(4,5)13-12-19-8-9-20-10-11-21(16-30(31,32)33)36-23(20)15-19/h8-13,15,17-18,22,24,38H,6-7,14,16H2,1-5H3,(H2,34,40)(H,35,41)(H,37,43)/b13-12+. The highest BCUT2D eigenvalue weighted by Gasteiger charge is 2.34. The van der Waals surface area contributed by atoms with Crippen molar-refractivity contribution in [1.82, 2.24) is 26.1 Å². The zero-order valence-corrected chi connectivity index (χ0v) is 24.9. The number of carbonyl (C=O) groups excluding carboxylic acids is 4. The zero-order valence-electron chi connectivity index (χ0n) is 24.9. The number of rotatable bonds is 10. The Morgan fingerprint density at radius 3 is 2.42 bits per heavy atom. The van der Waals surface area contributed by atoms with E-state index in [-0.39, 0.29) is 11.6 Å². The van der Waals surface area contributed by atoms with Gasteiger partial charge in [0.2, 0.25) is 17.7 Å². The maximum atomic E-state index is 13.3. The van der Waals surface area contributed by atoms with Gasteiger partial charge in [-0.15, -0.1) is 0 Å². The molecule has 0 aliphatic carbocycles. The number of hydrazine groups is 1. The largest absolute Gasteiger partial charge is 0.394 e. The number of amides is 4. The van der Waals surface area contributed by atoms with Gasteiger partial charge in [0.25, 0.3) is 5.91 Å². The Hall–Kier alpha value is -4.00. The summed E-state index contributed by atoms with van der Waals surface area (Å²) < 4.78 is 38.4. The number of nitrogens with zero attached hydrogens (tertiary/aromatic N) is 2. The van der Waals surface area contributed by atoms with Gasteiger partial charge in [0.1, 0.15) is 18.1 Å². The molecule has 0 bridgehead atoms. The molecule has 3 unspecified atom stereocenters. The Morgan fingerprint density at radius 2 is 1.79 bits per heavy atom. The van der Waals surface area contributed by atoms with E-state index in [1.807, 2.05) is 0 Å². The molecule has 2 heterocycles. The maximum Gasteiger partial charge on any atom is 0.394 e. The fourth-order valence-corrected chi connectivity index (χ4v) is 4.58. The van der Waals surface area contributed by atoms with Gasteiger partial charge in [0.15, 0.2) is 0 Å². The lowest BCUT2D eigenvalue weighted by atomic mass is 9.89. The number of fused-ring (bicyclic) bond motifs is 1. The summed E-state index contributed by atoms with van der Waals surface area (Å²) in [6.45, 7) is 8.73. The first-order valence-corrected chi connectivity index (χ1v) is 14.1. The number of alkyl halides is 3. The van der Waals surface area contributed by atoms with E-state index in [0.717, 1.165) is 0 Å². The summed E-state index contributed by atoms with van der Waals surface area (Å²) in [6.07, 6.45) is -1.09. The van der Waals surface area contributed by atoms with Crippen LogP contribution in [-0.2, 0) is 25.6 Å². The molecule has 5 N–H and O–H groups in total. The Balaban J connectivity index is 1.66. The van der Waals surface area contributed by atoms with E-state index < -0.39 is 59.8 Å². The molecule has 2 aromatic rings. The predicted molar refractivity (Wildman–Crippen MR) is 156 cm³/mol. The summed E-state index contributed by atoms with van der Waals surface area (Å²) in [5, 5.41) is 7.39. The molecule has 3 rings (SSSR count). The average molecular weight is 605 g/mol. The summed E-state index contributed by atoms with van der Waals surface area (Å²) in [4.78, 5) is 55.0. The second kappa shape index (κ2) is 13.5. The molecular formula is C30H39F3N6O4. The third kappa shape index (κ3) is 9.24. The smallest absolute Gasteiger partial charge is 0.368 e. The monoisotopic (exact) mass is 604 g/mol. The quantitative estimate of drug-likeness (QED) is 0.328. The Bertz CT molecular complexity index is 1390. The molecule has 234 valence electrons. The second-order valence-corrected chi connectivity index (χ2v) is 11.7. The number of carbonyl (C=O) groups is 4. The highest BCUT2D eigenvalue weighted by Crippen LogP contribution is 2.24. The third-order valence-electron chi connectivity index (χ3n) is 7.19. The zero-order chi connectivity index (χ0) is 32.1. The van der Waals surface area contributed by atoms with Crippen LogP contribution in [0.4, 0.5) is 13.2 Å². The first-order chi connectivity index (χ1) is 20.0. The van der Waals surface area contributed by atoms with Gasteiger partial charge in [0, 0.05) is 11.9 Å². The molecule has 0 saturated carbocycles. The lowest BCUT2D eigenvalue weighted by Gasteiger charge is -2.34. The van der Waals surface area contributed by atoms with Crippen LogP contribution in [0.25, 0.3) is 17.0 Å². The maximum absolute atomic E-state index is 13.3. The fraction of sp³-hybridized carbons (Fsp3) is 0.500. The SMILES string of the molecule is CC(NC(=O)C(NC(=O)C(C)(C)/C=C/c1ccc2ccc(CC(F)(F)F)nc2c1)C(C)C)C(=O)N1CCCC(C(N)=O)N1. The molecule has 1 saturated heterocycles. The summed E-state index contributed by atoms with van der Waals surface area (Å²) >= 11 is 0. The summed E-state index contributed by atoms with van der Waals surface area (Å²) in [7, 11) is 0. The predicted octanol–water partition coefficient (Wildman–Crippen LogP) is 3.01. The molecule has 0 spiro atoms. The number of pyridine rings is 1. The van der Waals surface area contributed by atoms with Gasteiger partial charge in [-0.25, -0.2) is 5.43 Å². The number of aromatic nitrogens is 1. The van der Waals surface area contributed by atoms with E-state index >= 15 is 0 Å². The van der Waals surface area contributed by atoms with Crippen LogP contribution in [0, 0.1) is 11.3 Å². The molecule has 10 nitrogen and oxygen atoms in total. The van der Waals surface area contributed by atoms with Crippen molar-refractivity contribution in [3.63, 3.8) is 0 Å². The summed E-state index contributed by atoms with van der Waals surface area (Å²) in [6, 6.07) is 5.53. The van der Waals surface area contributed by atoms with Gasteiger partial charge in [0.05, 0.1) is 23.0 Å². The normalized spacial score (nSPS) is 17.6. The van der Waals surface area contributed by atoms with Gasteiger partial charge in [-0.3, -0.25) is 29.2 Å². The minimum Gasteiger partial charge on any atom is -0.368 e. The molecule has 1 fully saturated rings. The summed E-state index contributed by atoms with van der Waals surface area (Å²) in [5.41, 5.74) is 8.02. The molecule has 3 atom stereocenters. The van der Waals surface area contributed by atoms with Crippen molar-refractivity contribution in [2.45, 2.75) is 78.2 Å².